The van der Waals surface area contributed by atoms with Gasteiger partial charge in [0.1, 0.15) is 0 Å². The topological polar surface area (TPSA) is 36.3 Å². The van der Waals surface area contributed by atoms with Crippen molar-refractivity contribution in [3.05, 3.63) is 54.2 Å². The second-order valence-corrected chi connectivity index (χ2v) is 6.59. The zero-order valence-corrected chi connectivity index (χ0v) is 15.0. The third kappa shape index (κ3) is 3.05. The van der Waals surface area contributed by atoms with Crippen molar-refractivity contribution < 1.29 is 9.47 Å². The largest absolute Gasteiger partial charge is 0.486 e. The molecule has 4 rings (SSSR count). The minimum atomic E-state index is 0.0248. The van der Waals surface area contributed by atoms with Crippen molar-refractivity contribution >= 4 is 28.2 Å². The van der Waals surface area contributed by atoms with E-state index in [0.717, 1.165) is 47.0 Å². The molecule has 1 atom stereocenters. The Morgan fingerprint density at radius 1 is 1.24 bits per heavy atom. The van der Waals surface area contributed by atoms with Crippen LogP contribution in [-0.4, -0.2) is 28.5 Å². The maximum Gasteiger partial charge on any atom is 0.191 e. The third-order valence-electron chi connectivity index (χ3n) is 4.67. The van der Waals surface area contributed by atoms with Crippen LogP contribution in [0.15, 0.2) is 48.7 Å². The number of methoxy groups -OCH3 is 1. The minimum absolute atomic E-state index is 0.0248. The highest BCUT2D eigenvalue weighted by Gasteiger charge is 2.19. The predicted octanol–water partition coefficient (Wildman–Crippen LogP) is 4.72. The first-order valence-corrected chi connectivity index (χ1v) is 8.95. The monoisotopic (exact) mass is 352 g/mol. The quantitative estimate of drug-likeness (QED) is 0.639. The number of aromatic nitrogens is 2. The average molecular weight is 352 g/mol. The lowest BCUT2D eigenvalue weighted by Gasteiger charge is -2.23. The summed E-state index contributed by atoms with van der Waals surface area (Å²) in [5.41, 5.74) is 4.18. The number of hydrogen-bond donors (Lipinski definition) is 0. The van der Waals surface area contributed by atoms with Crippen LogP contribution in [0, 0.1) is 0 Å². The molecule has 0 N–H and O–H groups in total. The molecule has 5 heteroatoms. The summed E-state index contributed by atoms with van der Waals surface area (Å²) in [7, 11) is 1.61. The number of fused-ring (bicyclic) bond motifs is 1. The van der Waals surface area contributed by atoms with E-state index in [0.29, 0.717) is 5.05 Å². The molecular weight excluding hydrogens is 332 g/mol. The Labute approximate surface area is 152 Å². The molecule has 0 saturated carbocycles. The molecule has 1 saturated heterocycles. The highest BCUT2D eigenvalue weighted by atomic mass is 32.1. The maximum atomic E-state index is 5.92. The van der Waals surface area contributed by atoms with Crippen LogP contribution in [0.2, 0.25) is 0 Å². The summed E-state index contributed by atoms with van der Waals surface area (Å²) in [4.78, 5) is 0. The van der Waals surface area contributed by atoms with Crippen molar-refractivity contribution in [2.45, 2.75) is 25.5 Å². The van der Waals surface area contributed by atoms with E-state index in [-0.39, 0.29) is 6.23 Å². The van der Waals surface area contributed by atoms with Gasteiger partial charge in [0.2, 0.25) is 0 Å². The molecule has 1 fully saturated rings. The molecule has 0 aliphatic carbocycles. The molecule has 4 nitrogen and oxygen atoms in total. The average Bonchev–Trinajstić information content (AvgIpc) is 3.11. The van der Waals surface area contributed by atoms with Gasteiger partial charge in [-0.05, 0) is 54.7 Å². The number of nitrogens with zero attached hydrogens (tertiary/aromatic N) is 2. The van der Waals surface area contributed by atoms with Gasteiger partial charge in [0.05, 0.1) is 18.8 Å². The molecule has 0 radical (unpaired) electrons. The van der Waals surface area contributed by atoms with Gasteiger partial charge in [0.25, 0.3) is 0 Å². The van der Waals surface area contributed by atoms with Gasteiger partial charge in [-0.25, -0.2) is 4.68 Å². The van der Waals surface area contributed by atoms with E-state index in [1.54, 1.807) is 7.11 Å². The number of thiocarbonyl (C=S) groups is 1. The standard InChI is InChI=1S/C20H20N2O2S/c1-23-20(25)17-7-3-2-6-16(17)14-9-10-15-13-21-22(18(15)12-14)19-8-4-5-11-24-19/h2-3,6-7,9-10,12-13,19H,4-5,8,11H2,1H3. The zero-order valence-electron chi connectivity index (χ0n) is 14.1. The molecule has 1 unspecified atom stereocenters. The van der Waals surface area contributed by atoms with E-state index in [1.807, 2.05) is 29.1 Å². The van der Waals surface area contributed by atoms with Gasteiger partial charge in [0.15, 0.2) is 11.3 Å². The number of benzene rings is 2. The van der Waals surface area contributed by atoms with Crippen molar-refractivity contribution in [3.8, 4) is 11.1 Å². The van der Waals surface area contributed by atoms with E-state index in [4.69, 9.17) is 21.7 Å². The first-order chi connectivity index (χ1) is 12.3. The summed E-state index contributed by atoms with van der Waals surface area (Å²) in [6.45, 7) is 0.802. The van der Waals surface area contributed by atoms with E-state index in [1.165, 1.54) is 6.42 Å². The Hall–Kier alpha value is -2.24. The Kier molecular flexibility index (Phi) is 4.51. The normalized spacial score (nSPS) is 17.6. The Morgan fingerprint density at radius 3 is 2.92 bits per heavy atom. The fourth-order valence-corrected chi connectivity index (χ4v) is 3.55. The molecule has 3 aromatic rings. The lowest BCUT2D eigenvalue weighted by Crippen LogP contribution is -2.18. The Balaban J connectivity index is 1.80. The van der Waals surface area contributed by atoms with E-state index >= 15 is 0 Å². The van der Waals surface area contributed by atoms with E-state index in [9.17, 15) is 0 Å². The molecule has 0 spiro atoms. The maximum absolute atomic E-state index is 5.92. The summed E-state index contributed by atoms with van der Waals surface area (Å²) in [6, 6.07) is 14.4. The second-order valence-electron chi connectivity index (χ2n) is 6.22. The van der Waals surface area contributed by atoms with Crippen LogP contribution in [0.5, 0.6) is 0 Å². The highest BCUT2D eigenvalue weighted by Crippen LogP contribution is 2.31. The smallest absolute Gasteiger partial charge is 0.191 e. The van der Waals surface area contributed by atoms with Gasteiger partial charge in [-0.3, -0.25) is 0 Å². The van der Waals surface area contributed by atoms with Crippen LogP contribution >= 0.6 is 12.2 Å². The molecule has 2 aromatic carbocycles. The van der Waals surface area contributed by atoms with Crippen LogP contribution in [0.3, 0.4) is 0 Å². The molecule has 1 aromatic heterocycles. The summed E-state index contributed by atoms with van der Waals surface area (Å²) in [5.74, 6) is 0. The van der Waals surface area contributed by atoms with E-state index < -0.39 is 0 Å². The predicted molar refractivity (Wildman–Crippen MR) is 103 cm³/mol. The molecule has 1 aliphatic rings. The molecule has 25 heavy (non-hydrogen) atoms. The van der Waals surface area contributed by atoms with Crippen LogP contribution in [0.25, 0.3) is 22.0 Å². The number of ether oxygens (including phenoxy) is 2. The highest BCUT2D eigenvalue weighted by molar-refractivity contribution is 7.80. The summed E-state index contributed by atoms with van der Waals surface area (Å²) in [6.07, 6.45) is 5.24. The molecule has 0 bridgehead atoms. The van der Waals surface area contributed by atoms with Crippen LogP contribution in [0.1, 0.15) is 31.1 Å². The molecule has 128 valence electrons. The molecule has 2 heterocycles. The van der Waals surface area contributed by atoms with Gasteiger partial charge >= 0.3 is 0 Å². The summed E-state index contributed by atoms with van der Waals surface area (Å²) >= 11 is 5.36. The fourth-order valence-electron chi connectivity index (χ4n) is 3.37. The van der Waals surface area contributed by atoms with E-state index in [2.05, 4.69) is 29.4 Å². The zero-order chi connectivity index (χ0) is 17.2. The molecule has 1 aliphatic heterocycles. The lowest BCUT2D eigenvalue weighted by molar-refractivity contribution is -0.0366. The number of rotatable bonds is 3. The van der Waals surface area contributed by atoms with Crippen molar-refractivity contribution in [3.63, 3.8) is 0 Å². The Morgan fingerprint density at radius 2 is 2.12 bits per heavy atom. The second kappa shape index (κ2) is 6.94. The van der Waals surface area contributed by atoms with Gasteiger partial charge in [-0.2, -0.15) is 5.10 Å². The minimum Gasteiger partial charge on any atom is -0.486 e. The van der Waals surface area contributed by atoms with Crippen LogP contribution in [0.4, 0.5) is 0 Å². The lowest BCUT2D eigenvalue weighted by atomic mass is 9.99. The third-order valence-corrected chi connectivity index (χ3v) is 5.06. The van der Waals surface area contributed by atoms with Crippen molar-refractivity contribution in [1.29, 1.82) is 0 Å². The SMILES string of the molecule is COC(=S)c1ccccc1-c1ccc2cnn(C3CCCCO3)c2c1. The van der Waals surface area contributed by atoms with Gasteiger partial charge in [-0.15, -0.1) is 0 Å². The molecular formula is C20H20N2O2S. The van der Waals surface area contributed by atoms with Crippen molar-refractivity contribution in [1.82, 2.24) is 9.78 Å². The summed E-state index contributed by atoms with van der Waals surface area (Å²) < 4.78 is 13.2. The molecule has 0 amide bonds. The number of hydrogen-bond acceptors (Lipinski definition) is 4. The van der Waals surface area contributed by atoms with Gasteiger partial charge < -0.3 is 9.47 Å². The Bertz CT molecular complexity index is 913. The van der Waals surface area contributed by atoms with Crippen LogP contribution < -0.4 is 0 Å². The van der Waals surface area contributed by atoms with Gasteiger partial charge in [0, 0.05) is 17.6 Å². The van der Waals surface area contributed by atoms with Gasteiger partial charge in [-0.1, -0.05) is 30.3 Å². The summed E-state index contributed by atoms with van der Waals surface area (Å²) in [5, 5.41) is 6.18. The van der Waals surface area contributed by atoms with Crippen molar-refractivity contribution in [2.24, 2.45) is 0 Å². The first kappa shape index (κ1) is 16.2. The van der Waals surface area contributed by atoms with Crippen molar-refractivity contribution in [2.75, 3.05) is 13.7 Å². The first-order valence-electron chi connectivity index (χ1n) is 8.54. The fraction of sp³-hybridized carbons (Fsp3) is 0.300. The van der Waals surface area contributed by atoms with Crippen LogP contribution in [-0.2, 0) is 9.47 Å².